The highest BCUT2D eigenvalue weighted by molar-refractivity contribution is 6.33. The number of anilines is 1. The zero-order valence-corrected chi connectivity index (χ0v) is 22.0. The second-order valence-corrected chi connectivity index (χ2v) is 9.63. The number of nitrogens with zero attached hydrogens (tertiary/aromatic N) is 2. The molecule has 1 saturated heterocycles. The Hall–Kier alpha value is -3.30. The predicted octanol–water partition coefficient (Wildman–Crippen LogP) is 5.30. The first-order valence-corrected chi connectivity index (χ1v) is 12.7. The molecule has 1 aliphatic rings. The van der Waals surface area contributed by atoms with Crippen LogP contribution in [0.4, 0.5) is 18.9 Å². The van der Waals surface area contributed by atoms with Crippen LogP contribution in [0, 0.1) is 0 Å². The van der Waals surface area contributed by atoms with E-state index in [2.05, 4.69) is 15.6 Å². The van der Waals surface area contributed by atoms with Gasteiger partial charge in [0.25, 0.3) is 0 Å². The van der Waals surface area contributed by atoms with Crippen molar-refractivity contribution in [2.24, 2.45) is 0 Å². The molecule has 38 heavy (non-hydrogen) atoms. The Morgan fingerprint density at radius 3 is 2.45 bits per heavy atom. The molecule has 202 valence electrons. The molecule has 0 bridgehead atoms. The minimum atomic E-state index is -4.46. The van der Waals surface area contributed by atoms with E-state index in [9.17, 15) is 18.0 Å². The van der Waals surface area contributed by atoms with Gasteiger partial charge in [0.05, 0.1) is 34.5 Å². The van der Waals surface area contributed by atoms with Crippen LogP contribution in [0.15, 0.2) is 60.8 Å². The van der Waals surface area contributed by atoms with Crippen molar-refractivity contribution in [2.45, 2.75) is 24.4 Å². The average Bonchev–Trinajstić information content (AvgIpc) is 2.93. The number of hydrogen-bond donors (Lipinski definition) is 2. The maximum atomic E-state index is 13.6. The van der Waals surface area contributed by atoms with Gasteiger partial charge in [0.1, 0.15) is 5.75 Å². The lowest BCUT2D eigenvalue weighted by molar-refractivity contribution is -0.137. The number of alkyl halides is 3. The largest absolute Gasteiger partial charge is 0.496 e. The first kappa shape index (κ1) is 27.7. The molecule has 0 radical (unpaired) electrons. The van der Waals surface area contributed by atoms with Gasteiger partial charge < -0.3 is 20.3 Å². The van der Waals surface area contributed by atoms with E-state index in [-0.39, 0.29) is 10.9 Å². The fourth-order valence-corrected chi connectivity index (χ4v) is 5.18. The van der Waals surface area contributed by atoms with Gasteiger partial charge in [-0.1, -0.05) is 29.8 Å². The molecule has 2 aromatic carbocycles. The number of hydrogen-bond acceptors (Lipinski definition) is 5. The summed E-state index contributed by atoms with van der Waals surface area (Å²) in [5, 5.41) is 6.09. The van der Waals surface area contributed by atoms with E-state index in [1.54, 1.807) is 13.3 Å². The molecule has 0 atom stereocenters. The third-order valence-electron chi connectivity index (χ3n) is 7.03. The van der Waals surface area contributed by atoms with Crippen LogP contribution in [0.25, 0.3) is 11.3 Å². The number of carbonyl (C=O) groups excluding carboxylic acids is 1. The number of aromatic nitrogens is 1. The van der Waals surface area contributed by atoms with Crippen molar-refractivity contribution in [3.8, 4) is 17.0 Å². The molecule has 0 spiro atoms. The molecule has 1 fully saturated rings. The second kappa shape index (κ2) is 11.6. The van der Waals surface area contributed by atoms with Crippen LogP contribution in [0.1, 0.15) is 24.0 Å². The lowest BCUT2D eigenvalue weighted by Crippen LogP contribution is -2.52. The maximum absolute atomic E-state index is 13.6. The summed E-state index contributed by atoms with van der Waals surface area (Å²) in [7, 11) is 3.42. The van der Waals surface area contributed by atoms with Gasteiger partial charge in [0, 0.05) is 37.9 Å². The van der Waals surface area contributed by atoms with Crippen molar-refractivity contribution in [1.82, 2.24) is 15.6 Å². The summed E-state index contributed by atoms with van der Waals surface area (Å²) in [5.74, 6) is 0.603. The Kier molecular flexibility index (Phi) is 8.47. The summed E-state index contributed by atoms with van der Waals surface area (Å²) >= 11 is 6.26. The van der Waals surface area contributed by atoms with E-state index in [0.29, 0.717) is 50.5 Å². The van der Waals surface area contributed by atoms with Gasteiger partial charge in [0.15, 0.2) is 0 Å². The molecule has 1 aromatic heterocycles. The van der Waals surface area contributed by atoms with Crippen LogP contribution in [0.3, 0.4) is 0 Å². The monoisotopic (exact) mass is 546 g/mol. The zero-order valence-electron chi connectivity index (χ0n) is 21.2. The van der Waals surface area contributed by atoms with Gasteiger partial charge >= 0.3 is 6.18 Å². The average molecular weight is 547 g/mol. The van der Waals surface area contributed by atoms with Crippen molar-refractivity contribution in [3.05, 3.63) is 76.9 Å². The summed E-state index contributed by atoms with van der Waals surface area (Å²) in [5.41, 5.74) is 1.26. The van der Waals surface area contributed by atoms with E-state index in [1.807, 2.05) is 48.3 Å². The summed E-state index contributed by atoms with van der Waals surface area (Å²) in [6.45, 7) is 1.98. The number of likely N-dealkylation sites (N-methyl/N-ethyl adjacent to an activating group) is 1. The number of amides is 1. The predicted molar refractivity (Wildman–Crippen MR) is 143 cm³/mol. The number of methoxy groups -OCH3 is 1. The van der Waals surface area contributed by atoms with Crippen molar-refractivity contribution in [1.29, 1.82) is 0 Å². The molecule has 0 unspecified atom stereocenters. The summed E-state index contributed by atoms with van der Waals surface area (Å²) < 4.78 is 44.7. The molecule has 2 heterocycles. The van der Waals surface area contributed by atoms with E-state index < -0.39 is 17.2 Å². The maximum Gasteiger partial charge on any atom is 0.416 e. The standard InChI is InChI=1S/C28H30ClF3N4O2/c1-33-13-14-34-26(37)27(20-7-9-23(35-18-20)21-5-3-4-6-25(21)38-2)11-15-36(16-12-27)24-10-8-19(17-22(24)29)28(30,31)32/h3-10,17-18,33H,11-16H2,1-2H3,(H,34,37). The summed E-state index contributed by atoms with van der Waals surface area (Å²) in [6.07, 6.45) is -1.83. The lowest BCUT2D eigenvalue weighted by atomic mass is 9.72. The summed E-state index contributed by atoms with van der Waals surface area (Å²) in [4.78, 5) is 20.2. The number of ether oxygens (including phenoxy) is 1. The Labute approximate surface area is 225 Å². The van der Waals surface area contributed by atoms with Crippen molar-refractivity contribution < 1.29 is 22.7 Å². The minimum Gasteiger partial charge on any atom is -0.496 e. The zero-order chi connectivity index (χ0) is 27.3. The summed E-state index contributed by atoms with van der Waals surface area (Å²) in [6, 6.07) is 14.8. The Morgan fingerprint density at radius 2 is 1.84 bits per heavy atom. The highest BCUT2D eigenvalue weighted by atomic mass is 35.5. The number of nitrogens with one attached hydrogen (secondary N) is 2. The molecule has 2 N–H and O–H groups in total. The van der Waals surface area contributed by atoms with Crippen LogP contribution in [0.2, 0.25) is 5.02 Å². The number of benzene rings is 2. The van der Waals surface area contributed by atoms with Gasteiger partial charge in [-0.15, -0.1) is 0 Å². The number of piperidine rings is 1. The van der Waals surface area contributed by atoms with Gasteiger partial charge in [-0.05, 0) is 61.9 Å². The molecule has 10 heteroatoms. The number of rotatable bonds is 8. The molecular weight excluding hydrogens is 517 g/mol. The molecule has 4 rings (SSSR count). The third-order valence-corrected chi connectivity index (χ3v) is 7.33. The van der Waals surface area contributed by atoms with Crippen LogP contribution >= 0.6 is 11.6 Å². The Balaban J connectivity index is 1.60. The van der Waals surface area contributed by atoms with Gasteiger partial charge in [0.2, 0.25) is 5.91 Å². The van der Waals surface area contributed by atoms with E-state index >= 15 is 0 Å². The fourth-order valence-electron chi connectivity index (χ4n) is 4.88. The lowest BCUT2D eigenvalue weighted by Gasteiger charge is -2.42. The highest BCUT2D eigenvalue weighted by Gasteiger charge is 2.43. The van der Waals surface area contributed by atoms with Gasteiger partial charge in [-0.25, -0.2) is 0 Å². The first-order valence-electron chi connectivity index (χ1n) is 12.3. The van der Waals surface area contributed by atoms with E-state index in [1.165, 1.54) is 6.07 Å². The molecule has 1 aliphatic heterocycles. The van der Waals surface area contributed by atoms with Gasteiger partial charge in [-0.3, -0.25) is 9.78 Å². The van der Waals surface area contributed by atoms with Crippen LogP contribution in [-0.2, 0) is 16.4 Å². The molecule has 0 saturated carbocycles. The Morgan fingerprint density at radius 1 is 1.11 bits per heavy atom. The number of carbonyl (C=O) groups is 1. The SMILES string of the molecule is CNCCNC(=O)C1(c2ccc(-c3ccccc3OC)nc2)CCN(c2ccc(C(F)(F)F)cc2Cl)CC1. The van der Waals surface area contributed by atoms with Crippen molar-refractivity contribution in [3.63, 3.8) is 0 Å². The smallest absolute Gasteiger partial charge is 0.416 e. The highest BCUT2D eigenvalue weighted by Crippen LogP contribution is 2.41. The Bertz CT molecular complexity index is 1260. The number of para-hydroxylation sites is 1. The topological polar surface area (TPSA) is 66.5 Å². The normalized spacial score (nSPS) is 15.3. The van der Waals surface area contributed by atoms with Crippen molar-refractivity contribution in [2.75, 3.05) is 45.2 Å². The molecule has 6 nitrogen and oxygen atoms in total. The fraction of sp³-hybridized carbons (Fsp3) is 0.357. The quantitative estimate of drug-likeness (QED) is 0.375. The molecule has 0 aliphatic carbocycles. The van der Waals surface area contributed by atoms with Crippen molar-refractivity contribution >= 4 is 23.2 Å². The molecule has 1 amide bonds. The minimum absolute atomic E-state index is 0.0358. The third kappa shape index (κ3) is 5.73. The van der Waals surface area contributed by atoms with E-state index in [0.717, 1.165) is 29.0 Å². The number of pyridine rings is 1. The first-order chi connectivity index (χ1) is 18.2. The molecule has 3 aromatic rings. The van der Waals surface area contributed by atoms with Crippen LogP contribution in [-0.4, -0.2) is 51.2 Å². The van der Waals surface area contributed by atoms with Crippen LogP contribution in [0.5, 0.6) is 5.75 Å². The second-order valence-electron chi connectivity index (χ2n) is 9.22. The van der Waals surface area contributed by atoms with Crippen LogP contribution < -0.4 is 20.3 Å². The van der Waals surface area contributed by atoms with Gasteiger partial charge in [-0.2, -0.15) is 13.2 Å². The van der Waals surface area contributed by atoms with E-state index in [4.69, 9.17) is 16.3 Å². The number of halogens is 4. The molecular formula is C28H30ClF3N4O2.